The summed E-state index contributed by atoms with van der Waals surface area (Å²) in [7, 11) is 0. The van der Waals surface area contributed by atoms with E-state index in [0.29, 0.717) is 5.02 Å². The number of amides is 1. The molecule has 0 fully saturated rings. The molecule has 2 rings (SSSR count). The molecule has 0 saturated carbocycles. The van der Waals surface area contributed by atoms with Gasteiger partial charge in [-0.2, -0.15) is 5.10 Å². The van der Waals surface area contributed by atoms with Crippen molar-refractivity contribution in [3.63, 3.8) is 0 Å². The van der Waals surface area contributed by atoms with Crippen molar-refractivity contribution in [2.45, 2.75) is 0 Å². The van der Waals surface area contributed by atoms with Crippen LogP contribution in [-0.4, -0.2) is 12.1 Å². The van der Waals surface area contributed by atoms with Crippen LogP contribution in [0, 0.1) is 11.6 Å². The van der Waals surface area contributed by atoms with E-state index in [1.807, 2.05) is 0 Å². The molecule has 3 nitrogen and oxygen atoms in total. The summed E-state index contributed by atoms with van der Waals surface area (Å²) in [5.41, 5.74) is 1.88. The van der Waals surface area contributed by atoms with Crippen molar-refractivity contribution in [1.82, 2.24) is 5.43 Å². The zero-order chi connectivity index (χ0) is 15.4. The molecule has 0 aromatic heterocycles. The number of carbonyl (C=O) groups excluding carboxylic acids is 1. The fourth-order valence-corrected chi connectivity index (χ4v) is 1.90. The third kappa shape index (κ3) is 3.77. The Morgan fingerprint density at radius 1 is 1.14 bits per heavy atom. The molecule has 1 N–H and O–H groups in total. The Labute approximate surface area is 129 Å². The zero-order valence-corrected chi connectivity index (χ0v) is 11.9. The summed E-state index contributed by atoms with van der Waals surface area (Å²) >= 11 is 11.6. The van der Waals surface area contributed by atoms with Crippen molar-refractivity contribution < 1.29 is 13.6 Å². The average Bonchev–Trinajstić information content (AvgIpc) is 2.44. The van der Waals surface area contributed by atoms with E-state index in [0.717, 1.165) is 18.3 Å². The Bertz CT molecular complexity index is 700. The smallest absolute Gasteiger partial charge is 0.267 e. The molecule has 0 spiro atoms. The second-order valence-electron chi connectivity index (χ2n) is 3.96. The van der Waals surface area contributed by atoms with Crippen LogP contribution in [-0.2, 0) is 0 Å². The van der Waals surface area contributed by atoms with E-state index in [-0.39, 0.29) is 16.1 Å². The van der Waals surface area contributed by atoms with Gasteiger partial charge in [-0.15, -0.1) is 0 Å². The van der Waals surface area contributed by atoms with Gasteiger partial charge in [0.05, 0.1) is 22.4 Å². The van der Waals surface area contributed by atoms with E-state index < -0.39 is 17.5 Å². The van der Waals surface area contributed by atoms with Gasteiger partial charge in [0, 0.05) is 5.02 Å². The first-order chi connectivity index (χ1) is 9.99. The molecule has 0 atom stereocenters. The maximum atomic E-state index is 13.3. The number of nitrogens with zero attached hydrogens (tertiary/aromatic N) is 1. The van der Waals surface area contributed by atoms with Crippen LogP contribution in [0.25, 0.3) is 0 Å². The Balaban J connectivity index is 2.14. The number of halogens is 4. The lowest BCUT2D eigenvalue weighted by molar-refractivity contribution is 0.0955. The fourth-order valence-electron chi connectivity index (χ4n) is 1.52. The van der Waals surface area contributed by atoms with Gasteiger partial charge in [0.1, 0.15) is 11.6 Å². The maximum Gasteiger partial charge on any atom is 0.272 e. The normalized spacial score (nSPS) is 10.9. The average molecular weight is 329 g/mol. The van der Waals surface area contributed by atoms with Crippen molar-refractivity contribution in [1.29, 1.82) is 0 Å². The highest BCUT2D eigenvalue weighted by Gasteiger charge is 2.10. The molecule has 0 bridgehead atoms. The third-order valence-corrected chi connectivity index (χ3v) is 3.10. The summed E-state index contributed by atoms with van der Waals surface area (Å²) in [5, 5.41) is 4.02. The maximum absolute atomic E-state index is 13.3. The van der Waals surface area contributed by atoms with Gasteiger partial charge in [0.2, 0.25) is 0 Å². The van der Waals surface area contributed by atoms with Crippen LogP contribution in [0.2, 0.25) is 10.0 Å². The molecule has 2 aromatic rings. The number of rotatable bonds is 3. The number of nitrogens with one attached hydrogen (secondary N) is 1. The molecule has 0 saturated heterocycles. The largest absolute Gasteiger partial charge is 0.272 e. The van der Waals surface area contributed by atoms with Crippen LogP contribution in [0.15, 0.2) is 41.5 Å². The van der Waals surface area contributed by atoms with Crippen LogP contribution >= 0.6 is 23.2 Å². The summed E-state index contributed by atoms with van der Waals surface area (Å²) in [6.07, 6.45) is 0.876. The van der Waals surface area contributed by atoms with Crippen molar-refractivity contribution in [3.05, 3.63) is 69.2 Å². The minimum absolute atomic E-state index is 0.107. The predicted octanol–water partition coefficient (Wildman–Crippen LogP) is 4.04. The number of benzene rings is 2. The van der Waals surface area contributed by atoms with E-state index in [9.17, 15) is 13.6 Å². The molecule has 0 heterocycles. The minimum atomic E-state index is -0.784. The predicted molar refractivity (Wildman–Crippen MR) is 77.9 cm³/mol. The van der Waals surface area contributed by atoms with Crippen molar-refractivity contribution in [3.8, 4) is 0 Å². The first-order valence-corrected chi connectivity index (χ1v) is 6.47. The summed E-state index contributed by atoms with van der Waals surface area (Å²) in [4.78, 5) is 11.8. The molecule has 1 amide bonds. The van der Waals surface area contributed by atoms with Crippen LogP contribution in [0.1, 0.15) is 15.9 Å². The molecule has 0 aliphatic carbocycles. The highest BCUT2D eigenvalue weighted by atomic mass is 35.5. The highest BCUT2D eigenvalue weighted by molar-refractivity contribution is 6.35. The Kier molecular flexibility index (Phi) is 4.88. The van der Waals surface area contributed by atoms with Gasteiger partial charge in [-0.25, -0.2) is 14.2 Å². The molecule has 0 aliphatic heterocycles. The number of hydrogen-bond donors (Lipinski definition) is 1. The van der Waals surface area contributed by atoms with Crippen molar-refractivity contribution in [2.24, 2.45) is 5.10 Å². The van der Waals surface area contributed by atoms with Crippen molar-refractivity contribution in [2.75, 3.05) is 0 Å². The van der Waals surface area contributed by atoms with E-state index in [2.05, 4.69) is 10.5 Å². The second-order valence-corrected chi connectivity index (χ2v) is 4.80. The van der Waals surface area contributed by atoms with E-state index in [4.69, 9.17) is 23.2 Å². The summed E-state index contributed by atoms with van der Waals surface area (Å²) in [5.74, 6) is -2.21. The Morgan fingerprint density at radius 3 is 2.48 bits per heavy atom. The molecule has 21 heavy (non-hydrogen) atoms. The van der Waals surface area contributed by atoms with E-state index >= 15 is 0 Å². The highest BCUT2D eigenvalue weighted by Crippen LogP contribution is 2.20. The number of hydrazone groups is 1. The standard InChI is InChI=1S/C14H8Cl2F2N2O/c15-8-4-5-11(16)9(6-8)14(21)20-19-7-10-12(17)2-1-3-13(10)18/h1-7H,(H,20,21)/b19-7-. The summed E-state index contributed by atoms with van der Waals surface area (Å²) in [6, 6.07) is 7.74. The van der Waals surface area contributed by atoms with E-state index in [1.165, 1.54) is 24.3 Å². The van der Waals surface area contributed by atoms with Gasteiger partial charge in [-0.3, -0.25) is 4.79 Å². The first kappa shape index (κ1) is 15.4. The van der Waals surface area contributed by atoms with Gasteiger partial charge in [-0.05, 0) is 30.3 Å². The second kappa shape index (κ2) is 6.65. The molecule has 108 valence electrons. The van der Waals surface area contributed by atoms with Crippen LogP contribution < -0.4 is 5.43 Å². The van der Waals surface area contributed by atoms with Gasteiger partial charge in [0.25, 0.3) is 5.91 Å². The molecule has 7 heteroatoms. The lowest BCUT2D eigenvalue weighted by Gasteiger charge is -2.03. The molecule has 0 radical (unpaired) electrons. The van der Waals surface area contributed by atoms with Crippen LogP contribution in [0.4, 0.5) is 8.78 Å². The molecule has 0 unspecified atom stereocenters. The lowest BCUT2D eigenvalue weighted by atomic mass is 10.2. The van der Waals surface area contributed by atoms with Gasteiger partial charge < -0.3 is 0 Å². The quantitative estimate of drug-likeness (QED) is 0.670. The van der Waals surface area contributed by atoms with Crippen LogP contribution in [0.3, 0.4) is 0 Å². The number of carbonyl (C=O) groups is 1. The third-order valence-electron chi connectivity index (χ3n) is 2.53. The Hall–Kier alpha value is -1.98. The minimum Gasteiger partial charge on any atom is -0.267 e. The Morgan fingerprint density at radius 2 is 1.81 bits per heavy atom. The fraction of sp³-hybridized carbons (Fsp3) is 0. The van der Waals surface area contributed by atoms with Gasteiger partial charge in [-0.1, -0.05) is 29.3 Å². The molecular weight excluding hydrogens is 321 g/mol. The van der Waals surface area contributed by atoms with E-state index in [1.54, 1.807) is 0 Å². The molecular formula is C14H8Cl2F2N2O. The summed E-state index contributed by atoms with van der Waals surface area (Å²) < 4.78 is 26.7. The monoisotopic (exact) mass is 328 g/mol. The summed E-state index contributed by atoms with van der Waals surface area (Å²) in [6.45, 7) is 0. The topological polar surface area (TPSA) is 41.5 Å². The molecule has 2 aromatic carbocycles. The van der Waals surface area contributed by atoms with Crippen molar-refractivity contribution >= 4 is 35.3 Å². The number of hydrogen-bond acceptors (Lipinski definition) is 2. The SMILES string of the molecule is O=C(N/N=C\c1c(F)cccc1F)c1cc(Cl)ccc1Cl. The van der Waals surface area contributed by atoms with Gasteiger partial charge >= 0.3 is 0 Å². The first-order valence-electron chi connectivity index (χ1n) is 5.71. The molecule has 0 aliphatic rings. The lowest BCUT2D eigenvalue weighted by Crippen LogP contribution is -2.18. The zero-order valence-electron chi connectivity index (χ0n) is 10.4. The van der Waals surface area contributed by atoms with Crippen LogP contribution in [0.5, 0.6) is 0 Å². The van der Waals surface area contributed by atoms with Gasteiger partial charge in [0.15, 0.2) is 0 Å².